The summed E-state index contributed by atoms with van der Waals surface area (Å²) in [5, 5.41) is 12.8. The zero-order valence-corrected chi connectivity index (χ0v) is 24.1. The highest BCUT2D eigenvalue weighted by Gasteiger charge is 2.14. The minimum absolute atomic E-state index is 0.116. The molecule has 1 aromatic heterocycles. The fraction of sp³-hybridized carbons (Fsp3) is 0.484. The van der Waals surface area contributed by atoms with Crippen LogP contribution in [-0.4, -0.2) is 66.4 Å². The Morgan fingerprint density at radius 2 is 1.43 bits per heavy atom. The summed E-state index contributed by atoms with van der Waals surface area (Å²) in [6, 6.07) is 15.9. The first-order valence-electron chi connectivity index (χ1n) is 14.9. The van der Waals surface area contributed by atoms with Crippen LogP contribution in [0, 0.1) is 5.82 Å². The van der Waals surface area contributed by atoms with Gasteiger partial charge in [0.25, 0.3) is 5.91 Å². The van der Waals surface area contributed by atoms with Gasteiger partial charge >= 0.3 is 0 Å². The van der Waals surface area contributed by atoms with Crippen LogP contribution >= 0.6 is 0 Å². The molecule has 1 fully saturated rings. The van der Waals surface area contributed by atoms with Gasteiger partial charge in [0.1, 0.15) is 5.82 Å². The van der Waals surface area contributed by atoms with E-state index in [0.29, 0.717) is 75.5 Å². The second kappa shape index (κ2) is 17.9. The summed E-state index contributed by atoms with van der Waals surface area (Å²) in [4.78, 5) is 25.7. The summed E-state index contributed by atoms with van der Waals surface area (Å²) < 4.78 is 24.8. The maximum atomic E-state index is 13.6. The van der Waals surface area contributed by atoms with Crippen LogP contribution in [-0.2, 0) is 16.0 Å². The summed E-state index contributed by atoms with van der Waals surface area (Å²) in [5.41, 5.74) is 1.43. The number of aromatic nitrogens is 3. The lowest BCUT2D eigenvalue weighted by molar-refractivity contribution is 0.0519. The van der Waals surface area contributed by atoms with Gasteiger partial charge in [0, 0.05) is 31.2 Å². The maximum Gasteiger partial charge on any atom is 0.251 e. The van der Waals surface area contributed by atoms with E-state index in [1.54, 1.807) is 18.2 Å². The van der Waals surface area contributed by atoms with E-state index >= 15 is 0 Å². The van der Waals surface area contributed by atoms with Crippen LogP contribution in [0.3, 0.4) is 0 Å². The largest absolute Gasteiger partial charge is 0.377 e. The lowest BCUT2D eigenvalue weighted by atomic mass is 9.97. The first-order chi connectivity index (χ1) is 20.7. The molecule has 1 heterocycles. The Morgan fingerprint density at radius 3 is 2.17 bits per heavy atom. The average Bonchev–Trinajstić information content (AvgIpc) is 2.99. The SMILES string of the molecule is O=C(NCCOCCOCCNc1nc(NCc2cccc(F)c2)nc(NC2CCCCCCC2)n1)c1ccccc1. The van der Waals surface area contributed by atoms with Crippen molar-refractivity contribution in [3.05, 3.63) is 71.5 Å². The highest BCUT2D eigenvalue weighted by atomic mass is 19.1. The van der Waals surface area contributed by atoms with Crippen molar-refractivity contribution in [3.8, 4) is 0 Å². The number of carbonyl (C=O) groups is 1. The van der Waals surface area contributed by atoms with Gasteiger partial charge in [0.05, 0.1) is 26.4 Å². The summed E-state index contributed by atoms with van der Waals surface area (Å²) >= 11 is 0. The fourth-order valence-electron chi connectivity index (χ4n) is 4.69. The van der Waals surface area contributed by atoms with Gasteiger partial charge in [-0.1, -0.05) is 62.4 Å². The third-order valence-electron chi connectivity index (χ3n) is 6.88. The smallest absolute Gasteiger partial charge is 0.251 e. The molecule has 226 valence electrons. The third kappa shape index (κ3) is 11.6. The number of amides is 1. The van der Waals surface area contributed by atoms with E-state index in [1.165, 1.54) is 44.2 Å². The number of halogens is 1. The first kappa shape index (κ1) is 31.1. The number of ether oxygens (including phenoxy) is 2. The molecule has 0 aliphatic heterocycles. The van der Waals surface area contributed by atoms with Gasteiger partial charge in [0.2, 0.25) is 17.8 Å². The van der Waals surface area contributed by atoms with Gasteiger partial charge < -0.3 is 30.7 Å². The highest BCUT2D eigenvalue weighted by molar-refractivity contribution is 5.94. The molecule has 1 saturated carbocycles. The molecule has 0 bridgehead atoms. The van der Waals surface area contributed by atoms with E-state index in [9.17, 15) is 9.18 Å². The van der Waals surface area contributed by atoms with Crippen molar-refractivity contribution in [3.63, 3.8) is 0 Å². The van der Waals surface area contributed by atoms with Crippen molar-refractivity contribution in [1.29, 1.82) is 0 Å². The van der Waals surface area contributed by atoms with Crippen LogP contribution < -0.4 is 21.3 Å². The molecule has 0 radical (unpaired) electrons. The predicted molar refractivity (Wildman–Crippen MR) is 162 cm³/mol. The maximum absolute atomic E-state index is 13.6. The zero-order chi connectivity index (χ0) is 29.2. The van der Waals surface area contributed by atoms with Gasteiger partial charge in [0.15, 0.2) is 0 Å². The van der Waals surface area contributed by atoms with Crippen molar-refractivity contribution >= 4 is 23.8 Å². The van der Waals surface area contributed by atoms with Crippen molar-refractivity contribution in [1.82, 2.24) is 20.3 Å². The summed E-state index contributed by atoms with van der Waals surface area (Å²) in [6.45, 7) is 3.04. The summed E-state index contributed by atoms with van der Waals surface area (Å²) in [6.07, 6.45) is 8.41. The molecule has 1 amide bonds. The normalized spacial score (nSPS) is 14.0. The van der Waals surface area contributed by atoms with Crippen LogP contribution in [0.2, 0.25) is 0 Å². The van der Waals surface area contributed by atoms with Crippen molar-refractivity contribution in [2.45, 2.75) is 57.5 Å². The fourth-order valence-corrected chi connectivity index (χ4v) is 4.69. The Bertz CT molecular complexity index is 1210. The van der Waals surface area contributed by atoms with E-state index in [1.807, 2.05) is 24.3 Å². The second-order valence-corrected chi connectivity index (χ2v) is 10.2. The molecule has 0 atom stereocenters. The van der Waals surface area contributed by atoms with E-state index in [-0.39, 0.29) is 11.7 Å². The minimum atomic E-state index is -0.279. The number of carbonyl (C=O) groups excluding carboxylic acids is 1. The third-order valence-corrected chi connectivity index (χ3v) is 6.88. The molecule has 0 spiro atoms. The van der Waals surface area contributed by atoms with E-state index in [2.05, 4.69) is 36.2 Å². The van der Waals surface area contributed by atoms with Crippen molar-refractivity contribution in [2.24, 2.45) is 0 Å². The standard InChI is InChI=1S/C31H42FN7O3/c32-26-13-9-10-24(22-26)23-35-30-37-29(38-31(39-30)36-27-14-7-2-1-3-8-15-27)34-17-19-42-21-20-41-18-16-33-28(40)25-11-5-4-6-12-25/h4-6,9-13,22,27H,1-3,7-8,14-21,23H2,(H,33,40)(H3,34,35,36,37,38,39). The molecule has 0 saturated heterocycles. The number of benzene rings is 2. The molecule has 4 N–H and O–H groups in total. The molecule has 42 heavy (non-hydrogen) atoms. The minimum Gasteiger partial charge on any atom is -0.377 e. The quantitative estimate of drug-likeness (QED) is 0.173. The lowest BCUT2D eigenvalue weighted by Gasteiger charge is -2.21. The van der Waals surface area contributed by atoms with Gasteiger partial charge in [-0.2, -0.15) is 15.0 Å². The predicted octanol–water partition coefficient (Wildman–Crippen LogP) is 5.02. The van der Waals surface area contributed by atoms with E-state index < -0.39 is 0 Å². The molecular weight excluding hydrogens is 537 g/mol. The van der Waals surface area contributed by atoms with E-state index in [0.717, 1.165) is 18.4 Å². The average molecular weight is 580 g/mol. The van der Waals surface area contributed by atoms with E-state index in [4.69, 9.17) is 9.47 Å². The number of hydrogen-bond acceptors (Lipinski definition) is 9. The number of nitrogens with one attached hydrogen (secondary N) is 4. The second-order valence-electron chi connectivity index (χ2n) is 10.2. The van der Waals surface area contributed by atoms with Gasteiger partial charge in [-0.3, -0.25) is 4.79 Å². The lowest BCUT2D eigenvalue weighted by Crippen LogP contribution is -2.27. The van der Waals surface area contributed by atoms with Crippen LogP contribution in [0.4, 0.5) is 22.2 Å². The van der Waals surface area contributed by atoms with Gasteiger partial charge in [-0.15, -0.1) is 0 Å². The van der Waals surface area contributed by atoms with Crippen LogP contribution in [0.25, 0.3) is 0 Å². The van der Waals surface area contributed by atoms with Gasteiger partial charge in [-0.25, -0.2) is 4.39 Å². The first-order valence-corrected chi connectivity index (χ1v) is 14.9. The molecule has 4 rings (SSSR count). The Balaban J connectivity index is 1.19. The Hall–Kier alpha value is -3.83. The number of rotatable bonds is 16. The van der Waals surface area contributed by atoms with Crippen LogP contribution in [0.5, 0.6) is 0 Å². The van der Waals surface area contributed by atoms with Crippen LogP contribution in [0.15, 0.2) is 54.6 Å². The molecule has 2 aromatic carbocycles. The Labute approximate surface area is 247 Å². The van der Waals surface area contributed by atoms with Gasteiger partial charge in [-0.05, 0) is 42.7 Å². The Kier molecular flexibility index (Phi) is 13.2. The number of hydrogen-bond donors (Lipinski definition) is 4. The van der Waals surface area contributed by atoms with Crippen molar-refractivity contribution < 1.29 is 18.7 Å². The molecule has 3 aromatic rings. The molecule has 1 aliphatic rings. The Morgan fingerprint density at radius 1 is 0.762 bits per heavy atom. The number of nitrogens with zero attached hydrogens (tertiary/aromatic N) is 3. The molecule has 10 nitrogen and oxygen atoms in total. The molecular formula is C31H42FN7O3. The van der Waals surface area contributed by atoms with Crippen molar-refractivity contribution in [2.75, 3.05) is 55.5 Å². The van der Waals surface area contributed by atoms with Crippen LogP contribution in [0.1, 0.15) is 60.9 Å². The molecule has 0 unspecified atom stereocenters. The monoisotopic (exact) mass is 579 g/mol. The number of anilines is 3. The zero-order valence-electron chi connectivity index (χ0n) is 24.1. The molecule has 11 heteroatoms. The summed E-state index contributed by atoms with van der Waals surface area (Å²) in [7, 11) is 0. The molecule has 1 aliphatic carbocycles. The highest BCUT2D eigenvalue weighted by Crippen LogP contribution is 2.20. The summed E-state index contributed by atoms with van der Waals surface area (Å²) in [5.74, 6) is 0.982. The topological polar surface area (TPSA) is 122 Å².